The number of hydrogen-bond donors (Lipinski definition) is 1. The van der Waals surface area contributed by atoms with Crippen LogP contribution in [0.3, 0.4) is 0 Å². The molecule has 0 heterocycles. The Morgan fingerprint density at radius 2 is 2.00 bits per heavy atom. The van der Waals surface area contributed by atoms with Crippen LogP contribution in [0.1, 0.15) is 5.56 Å². The van der Waals surface area contributed by atoms with Gasteiger partial charge in [-0.1, -0.05) is 6.07 Å². The first-order valence-electron chi connectivity index (χ1n) is 2.94. The highest BCUT2D eigenvalue weighted by atomic mass is 32.2. The van der Waals surface area contributed by atoms with Gasteiger partial charge in [0.25, 0.3) is 0 Å². The molecule has 0 aliphatic rings. The molecule has 0 spiro atoms. The molecule has 0 radical (unpaired) electrons. The van der Waals surface area contributed by atoms with Gasteiger partial charge in [0, 0.05) is 5.75 Å². The normalized spacial score (nSPS) is 10.1. The summed E-state index contributed by atoms with van der Waals surface area (Å²) in [5.41, 5.74) is 0.566. The Balaban J connectivity index is 2.86. The minimum absolute atomic E-state index is 0.275. The van der Waals surface area contributed by atoms with Crippen molar-refractivity contribution in [2.45, 2.75) is 5.75 Å². The zero-order valence-corrected chi connectivity index (χ0v) is 6.37. The van der Waals surface area contributed by atoms with E-state index in [1.807, 2.05) is 0 Å². The second-order valence-electron chi connectivity index (χ2n) is 2.02. The molecule has 60 valence electrons. The fourth-order valence-electron chi connectivity index (χ4n) is 0.704. The lowest BCUT2D eigenvalue weighted by atomic mass is 10.2. The second kappa shape index (κ2) is 3.69. The molecule has 0 aliphatic carbocycles. The van der Waals surface area contributed by atoms with Crippen molar-refractivity contribution in [2.75, 3.05) is 0 Å². The molecule has 0 unspecified atom stereocenters. The predicted molar refractivity (Wildman–Crippen MR) is 40.3 cm³/mol. The standard InChI is InChI=1S/C7H6F2OS/c8-6-2-1-5(4-11-10)3-7(6)9/h1-3,10H,4H2. The Kier molecular flexibility index (Phi) is 2.84. The van der Waals surface area contributed by atoms with E-state index in [0.717, 1.165) is 12.1 Å². The van der Waals surface area contributed by atoms with Crippen LogP contribution in [0, 0.1) is 11.6 Å². The Morgan fingerprint density at radius 3 is 2.55 bits per heavy atom. The second-order valence-corrected chi connectivity index (χ2v) is 2.57. The van der Waals surface area contributed by atoms with Crippen LogP contribution in [0.4, 0.5) is 8.78 Å². The largest absolute Gasteiger partial charge is 0.330 e. The first-order valence-corrected chi connectivity index (χ1v) is 3.88. The summed E-state index contributed by atoms with van der Waals surface area (Å²) >= 11 is 0.580. The molecule has 0 amide bonds. The van der Waals surface area contributed by atoms with E-state index in [1.165, 1.54) is 6.07 Å². The third kappa shape index (κ3) is 2.17. The number of benzene rings is 1. The van der Waals surface area contributed by atoms with E-state index in [9.17, 15) is 8.78 Å². The molecule has 1 rings (SSSR count). The monoisotopic (exact) mass is 176 g/mol. The molecule has 0 fully saturated rings. The highest BCUT2D eigenvalue weighted by Crippen LogP contribution is 2.12. The molecule has 0 aliphatic heterocycles. The summed E-state index contributed by atoms with van der Waals surface area (Å²) in [7, 11) is 0. The average Bonchev–Trinajstić information content (AvgIpc) is 1.98. The summed E-state index contributed by atoms with van der Waals surface area (Å²) in [5.74, 6) is -1.47. The molecule has 1 nitrogen and oxygen atoms in total. The van der Waals surface area contributed by atoms with Crippen molar-refractivity contribution in [2.24, 2.45) is 0 Å². The van der Waals surface area contributed by atoms with E-state index in [0.29, 0.717) is 17.6 Å². The molecule has 0 aromatic heterocycles. The van der Waals surface area contributed by atoms with Gasteiger partial charge in [-0.3, -0.25) is 0 Å². The first kappa shape index (κ1) is 8.49. The molecule has 1 aromatic carbocycles. The molecule has 1 N–H and O–H groups in total. The van der Waals surface area contributed by atoms with Gasteiger partial charge in [0.1, 0.15) is 0 Å². The number of halogens is 2. The van der Waals surface area contributed by atoms with Gasteiger partial charge in [-0.05, 0) is 29.7 Å². The van der Waals surface area contributed by atoms with Crippen molar-refractivity contribution < 1.29 is 13.3 Å². The van der Waals surface area contributed by atoms with Gasteiger partial charge in [-0.25, -0.2) is 8.78 Å². The van der Waals surface area contributed by atoms with Gasteiger partial charge >= 0.3 is 0 Å². The lowest BCUT2D eigenvalue weighted by Gasteiger charge is -1.97. The third-order valence-electron chi connectivity index (χ3n) is 1.22. The van der Waals surface area contributed by atoms with Crippen molar-refractivity contribution in [1.29, 1.82) is 0 Å². The first-order chi connectivity index (χ1) is 5.24. The molecule has 1 aromatic rings. The maximum Gasteiger partial charge on any atom is 0.159 e. The van der Waals surface area contributed by atoms with Crippen LogP contribution in [0.5, 0.6) is 0 Å². The summed E-state index contributed by atoms with van der Waals surface area (Å²) in [5, 5.41) is 0. The Bertz CT molecular complexity index is 252. The Labute approximate surface area is 67.3 Å². The summed E-state index contributed by atoms with van der Waals surface area (Å²) in [4.78, 5) is 0. The maximum atomic E-state index is 12.4. The van der Waals surface area contributed by atoms with Crippen LogP contribution in [-0.2, 0) is 5.75 Å². The highest BCUT2D eigenvalue weighted by molar-refractivity contribution is 7.92. The summed E-state index contributed by atoms with van der Waals surface area (Å²) in [6, 6.07) is 3.54. The highest BCUT2D eigenvalue weighted by Gasteiger charge is 2.01. The molecular weight excluding hydrogens is 170 g/mol. The van der Waals surface area contributed by atoms with E-state index < -0.39 is 11.6 Å². The van der Waals surface area contributed by atoms with Gasteiger partial charge in [-0.2, -0.15) is 0 Å². The zero-order chi connectivity index (χ0) is 8.27. The van der Waals surface area contributed by atoms with E-state index >= 15 is 0 Å². The molecule has 4 heteroatoms. The van der Waals surface area contributed by atoms with Crippen LogP contribution in [0.15, 0.2) is 18.2 Å². The smallest absolute Gasteiger partial charge is 0.159 e. The quantitative estimate of drug-likeness (QED) is 0.699. The number of rotatable bonds is 2. The molecule has 0 atom stereocenters. The lowest BCUT2D eigenvalue weighted by Crippen LogP contribution is -1.86. The van der Waals surface area contributed by atoms with E-state index in [-0.39, 0.29) is 5.75 Å². The fourth-order valence-corrected chi connectivity index (χ4v) is 1.03. The van der Waals surface area contributed by atoms with Gasteiger partial charge in [-0.15, -0.1) is 0 Å². The van der Waals surface area contributed by atoms with Gasteiger partial charge in [0.2, 0.25) is 0 Å². The van der Waals surface area contributed by atoms with Crippen molar-refractivity contribution in [3.05, 3.63) is 35.4 Å². The van der Waals surface area contributed by atoms with Crippen molar-refractivity contribution >= 4 is 12.0 Å². The van der Waals surface area contributed by atoms with E-state index in [4.69, 9.17) is 4.55 Å². The molecular formula is C7H6F2OS. The molecule has 11 heavy (non-hydrogen) atoms. The van der Waals surface area contributed by atoms with Gasteiger partial charge in [0.15, 0.2) is 11.6 Å². The summed E-state index contributed by atoms with van der Waals surface area (Å²) < 4.78 is 33.1. The SMILES string of the molecule is OSCc1ccc(F)c(F)c1. The fraction of sp³-hybridized carbons (Fsp3) is 0.143. The van der Waals surface area contributed by atoms with Crippen LogP contribution < -0.4 is 0 Å². The molecule has 0 bridgehead atoms. The third-order valence-corrected chi connectivity index (χ3v) is 1.68. The lowest BCUT2D eigenvalue weighted by molar-refractivity contribution is 0.507. The average molecular weight is 176 g/mol. The van der Waals surface area contributed by atoms with Crippen LogP contribution in [0.2, 0.25) is 0 Å². The van der Waals surface area contributed by atoms with Crippen LogP contribution in [-0.4, -0.2) is 4.55 Å². The number of hydrogen-bond acceptors (Lipinski definition) is 2. The Morgan fingerprint density at radius 1 is 1.27 bits per heavy atom. The molecule has 0 saturated heterocycles. The summed E-state index contributed by atoms with van der Waals surface area (Å²) in [6.07, 6.45) is 0. The Hall–Kier alpha value is -0.610. The van der Waals surface area contributed by atoms with Crippen molar-refractivity contribution in [3.63, 3.8) is 0 Å². The minimum Gasteiger partial charge on any atom is -0.330 e. The maximum absolute atomic E-state index is 12.4. The van der Waals surface area contributed by atoms with Crippen molar-refractivity contribution in [1.82, 2.24) is 0 Å². The van der Waals surface area contributed by atoms with Crippen LogP contribution >= 0.6 is 12.0 Å². The van der Waals surface area contributed by atoms with Gasteiger partial charge < -0.3 is 4.55 Å². The van der Waals surface area contributed by atoms with E-state index in [1.54, 1.807) is 0 Å². The predicted octanol–water partition coefficient (Wildman–Crippen LogP) is 2.67. The van der Waals surface area contributed by atoms with E-state index in [2.05, 4.69) is 0 Å². The van der Waals surface area contributed by atoms with Crippen LogP contribution in [0.25, 0.3) is 0 Å². The van der Waals surface area contributed by atoms with Gasteiger partial charge in [0.05, 0.1) is 0 Å². The molecule has 0 saturated carbocycles. The zero-order valence-electron chi connectivity index (χ0n) is 5.55. The summed E-state index contributed by atoms with van der Waals surface area (Å²) in [6.45, 7) is 0. The topological polar surface area (TPSA) is 20.2 Å². The minimum atomic E-state index is -0.878. The van der Waals surface area contributed by atoms with Crippen molar-refractivity contribution in [3.8, 4) is 0 Å².